The number of hydrogen-bond donors (Lipinski definition) is 1. The van der Waals surface area contributed by atoms with E-state index in [0.717, 1.165) is 0 Å². The number of carbonyl (C=O) groups excluding carboxylic acids is 1. The Labute approximate surface area is 119 Å². The molecule has 110 valence electrons. The third-order valence-corrected chi connectivity index (χ3v) is 3.03. The number of methoxy groups -OCH3 is 1. The van der Waals surface area contributed by atoms with Gasteiger partial charge in [0.2, 0.25) is 0 Å². The largest absolute Gasteiger partial charge is 0.489 e. The summed E-state index contributed by atoms with van der Waals surface area (Å²) in [6, 6.07) is 5.24. The van der Waals surface area contributed by atoms with Crippen LogP contribution in [0.3, 0.4) is 0 Å². The molecule has 0 atom stereocenters. The summed E-state index contributed by atoms with van der Waals surface area (Å²) < 4.78 is 16.4. The van der Waals surface area contributed by atoms with Gasteiger partial charge in [0.1, 0.15) is 0 Å². The average molecular weight is 279 g/mol. The van der Waals surface area contributed by atoms with Gasteiger partial charge in [0.15, 0.2) is 11.5 Å². The smallest absolute Gasteiger partial charge is 0.251 e. The first-order valence-corrected chi connectivity index (χ1v) is 6.69. The zero-order chi connectivity index (χ0) is 14.6. The monoisotopic (exact) mass is 279 g/mol. The fourth-order valence-electron chi connectivity index (χ4n) is 1.84. The molecule has 2 rings (SSSR count). The van der Waals surface area contributed by atoms with E-state index in [-0.39, 0.29) is 11.3 Å². The highest BCUT2D eigenvalue weighted by molar-refractivity contribution is 5.94. The number of carbonyl (C=O) groups is 1. The molecule has 0 saturated carbocycles. The number of benzene rings is 1. The molecule has 1 amide bonds. The minimum Gasteiger partial charge on any atom is -0.489 e. The highest BCUT2D eigenvalue weighted by Gasteiger charge is 2.25. The van der Waals surface area contributed by atoms with E-state index in [1.807, 2.05) is 0 Å². The molecule has 0 aromatic heterocycles. The molecule has 5 heteroatoms. The molecule has 0 fully saturated rings. The molecule has 0 radical (unpaired) electrons. The Morgan fingerprint density at radius 3 is 2.70 bits per heavy atom. The molecule has 1 aromatic carbocycles. The molecule has 0 bridgehead atoms. The fraction of sp³-hybridized carbons (Fsp3) is 0.533. The summed E-state index contributed by atoms with van der Waals surface area (Å²) in [6.45, 7) is 6.30. The SMILES string of the molecule is COCCNC(=O)c1ccc2c(c1)OCC(C)(C)CO2. The van der Waals surface area contributed by atoms with Gasteiger partial charge in [0.05, 0.1) is 19.8 Å². The van der Waals surface area contributed by atoms with Crippen LogP contribution in [0.1, 0.15) is 24.2 Å². The fourth-order valence-corrected chi connectivity index (χ4v) is 1.84. The van der Waals surface area contributed by atoms with Crippen LogP contribution in [0.4, 0.5) is 0 Å². The van der Waals surface area contributed by atoms with Crippen LogP contribution >= 0.6 is 0 Å². The molecule has 0 saturated heterocycles. The summed E-state index contributed by atoms with van der Waals surface area (Å²) in [5.74, 6) is 1.16. The van der Waals surface area contributed by atoms with Gasteiger partial charge in [-0.3, -0.25) is 4.79 Å². The Hall–Kier alpha value is -1.75. The Morgan fingerprint density at radius 2 is 2.00 bits per heavy atom. The molecule has 1 aliphatic rings. The molecule has 5 nitrogen and oxygen atoms in total. The van der Waals surface area contributed by atoms with Crippen LogP contribution in [0.25, 0.3) is 0 Å². The van der Waals surface area contributed by atoms with E-state index >= 15 is 0 Å². The predicted octanol–water partition coefficient (Wildman–Crippen LogP) is 1.86. The van der Waals surface area contributed by atoms with Crippen LogP contribution in [-0.4, -0.2) is 39.4 Å². The molecule has 0 spiro atoms. The Kier molecular flexibility index (Phi) is 4.49. The minimum absolute atomic E-state index is 0.0418. The summed E-state index contributed by atoms with van der Waals surface area (Å²) in [6.07, 6.45) is 0. The molecule has 20 heavy (non-hydrogen) atoms. The van der Waals surface area contributed by atoms with E-state index in [1.54, 1.807) is 25.3 Å². The van der Waals surface area contributed by atoms with Crippen molar-refractivity contribution in [1.29, 1.82) is 0 Å². The van der Waals surface area contributed by atoms with Gasteiger partial charge in [0, 0.05) is 24.6 Å². The number of hydrogen-bond acceptors (Lipinski definition) is 4. The van der Waals surface area contributed by atoms with Crippen molar-refractivity contribution in [1.82, 2.24) is 5.32 Å². The Bertz CT molecular complexity index is 485. The quantitative estimate of drug-likeness (QED) is 0.855. The zero-order valence-electron chi connectivity index (χ0n) is 12.2. The third-order valence-electron chi connectivity index (χ3n) is 3.03. The van der Waals surface area contributed by atoms with E-state index in [9.17, 15) is 4.79 Å². The van der Waals surface area contributed by atoms with Gasteiger partial charge in [-0.1, -0.05) is 13.8 Å². The molecule has 1 N–H and O–H groups in total. The maximum atomic E-state index is 12.0. The van der Waals surface area contributed by atoms with Crippen molar-refractivity contribution in [3.63, 3.8) is 0 Å². The molecule has 0 aliphatic carbocycles. The van der Waals surface area contributed by atoms with E-state index < -0.39 is 0 Å². The lowest BCUT2D eigenvalue weighted by Gasteiger charge is -2.19. The van der Waals surface area contributed by atoms with Gasteiger partial charge >= 0.3 is 0 Å². The van der Waals surface area contributed by atoms with Crippen LogP contribution in [-0.2, 0) is 4.74 Å². The van der Waals surface area contributed by atoms with Crippen LogP contribution < -0.4 is 14.8 Å². The van der Waals surface area contributed by atoms with E-state index in [4.69, 9.17) is 14.2 Å². The Morgan fingerprint density at radius 1 is 1.30 bits per heavy atom. The molecule has 1 heterocycles. The highest BCUT2D eigenvalue weighted by Crippen LogP contribution is 2.34. The topological polar surface area (TPSA) is 56.8 Å². The average Bonchev–Trinajstić information content (AvgIpc) is 2.58. The first kappa shape index (κ1) is 14.7. The van der Waals surface area contributed by atoms with Crippen molar-refractivity contribution < 1.29 is 19.0 Å². The van der Waals surface area contributed by atoms with Gasteiger partial charge < -0.3 is 19.5 Å². The van der Waals surface area contributed by atoms with Crippen molar-refractivity contribution in [2.24, 2.45) is 5.41 Å². The van der Waals surface area contributed by atoms with Gasteiger partial charge in [0.25, 0.3) is 5.91 Å². The normalized spacial score (nSPS) is 16.4. The molecule has 0 unspecified atom stereocenters. The maximum Gasteiger partial charge on any atom is 0.251 e. The van der Waals surface area contributed by atoms with Gasteiger partial charge in [-0.15, -0.1) is 0 Å². The predicted molar refractivity (Wildman–Crippen MR) is 75.4 cm³/mol. The number of amides is 1. The molecule has 1 aromatic rings. The van der Waals surface area contributed by atoms with Crippen LogP contribution in [0, 0.1) is 5.41 Å². The molecule has 1 aliphatic heterocycles. The summed E-state index contributed by atoms with van der Waals surface area (Å²) in [7, 11) is 1.60. The van der Waals surface area contributed by atoms with Crippen molar-refractivity contribution >= 4 is 5.91 Å². The Balaban J connectivity index is 2.08. The molecular formula is C15H21NO4. The lowest BCUT2D eigenvalue weighted by atomic mass is 9.97. The van der Waals surface area contributed by atoms with Gasteiger partial charge in [-0.05, 0) is 18.2 Å². The lowest BCUT2D eigenvalue weighted by molar-refractivity contribution is 0.0936. The maximum absolute atomic E-state index is 12.0. The zero-order valence-corrected chi connectivity index (χ0v) is 12.2. The summed E-state index contributed by atoms with van der Waals surface area (Å²) in [4.78, 5) is 12.0. The number of rotatable bonds is 4. The first-order chi connectivity index (χ1) is 9.52. The van der Waals surface area contributed by atoms with Crippen LogP contribution in [0.5, 0.6) is 11.5 Å². The van der Waals surface area contributed by atoms with Crippen LogP contribution in [0.15, 0.2) is 18.2 Å². The number of ether oxygens (including phenoxy) is 3. The van der Waals surface area contributed by atoms with E-state index in [0.29, 0.717) is 43.4 Å². The lowest BCUT2D eigenvalue weighted by Crippen LogP contribution is -2.27. The minimum atomic E-state index is -0.142. The van der Waals surface area contributed by atoms with E-state index in [1.165, 1.54) is 0 Å². The second-order valence-corrected chi connectivity index (χ2v) is 5.65. The van der Waals surface area contributed by atoms with Crippen molar-refractivity contribution in [2.45, 2.75) is 13.8 Å². The number of fused-ring (bicyclic) bond motifs is 1. The van der Waals surface area contributed by atoms with Crippen molar-refractivity contribution in [3.8, 4) is 11.5 Å². The van der Waals surface area contributed by atoms with E-state index in [2.05, 4.69) is 19.2 Å². The standard InChI is InChI=1S/C15H21NO4/c1-15(2)9-19-12-5-4-11(8-13(12)20-10-15)14(17)16-6-7-18-3/h4-5,8H,6-7,9-10H2,1-3H3,(H,16,17). The molecular weight excluding hydrogens is 258 g/mol. The first-order valence-electron chi connectivity index (χ1n) is 6.69. The highest BCUT2D eigenvalue weighted by atomic mass is 16.5. The second-order valence-electron chi connectivity index (χ2n) is 5.65. The third kappa shape index (κ3) is 3.63. The van der Waals surface area contributed by atoms with Crippen molar-refractivity contribution in [2.75, 3.05) is 33.5 Å². The number of nitrogens with one attached hydrogen (secondary N) is 1. The van der Waals surface area contributed by atoms with Crippen molar-refractivity contribution in [3.05, 3.63) is 23.8 Å². The van der Waals surface area contributed by atoms with Crippen LogP contribution in [0.2, 0.25) is 0 Å². The summed E-state index contributed by atoms with van der Waals surface area (Å²) in [5, 5.41) is 2.78. The summed E-state index contributed by atoms with van der Waals surface area (Å²) in [5.41, 5.74) is 0.517. The van der Waals surface area contributed by atoms with Gasteiger partial charge in [-0.2, -0.15) is 0 Å². The van der Waals surface area contributed by atoms with Gasteiger partial charge in [-0.25, -0.2) is 0 Å². The summed E-state index contributed by atoms with van der Waals surface area (Å²) >= 11 is 0. The second kappa shape index (κ2) is 6.13.